The van der Waals surface area contributed by atoms with E-state index in [2.05, 4.69) is 26.9 Å². The molecule has 2 fully saturated rings. The highest BCUT2D eigenvalue weighted by atomic mass is 28.4. The van der Waals surface area contributed by atoms with Crippen molar-refractivity contribution in [3.63, 3.8) is 0 Å². The monoisotopic (exact) mass is 242 g/mol. The molecule has 0 radical (unpaired) electrons. The molecule has 2 saturated heterocycles. The highest BCUT2D eigenvalue weighted by molar-refractivity contribution is 6.88. The molecule has 1 nitrogen and oxygen atoms in total. The minimum atomic E-state index is -1.37. The second-order valence-electron chi connectivity index (χ2n) is 6.80. The predicted molar refractivity (Wildman–Crippen MR) is 71.3 cm³/mol. The highest BCUT2D eigenvalue weighted by Crippen LogP contribution is 2.56. The van der Waals surface area contributed by atoms with Gasteiger partial charge in [0, 0.05) is 0 Å². The summed E-state index contributed by atoms with van der Waals surface area (Å²) in [7, 11) is -2.68. The summed E-state index contributed by atoms with van der Waals surface area (Å²) in [6, 6.07) is 4.31. The second kappa shape index (κ2) is 3.71. The van der Waals surface area contributed by atoms with Crippen LogP contribution in [0, 0.1) is 0 Å². The molecule has 0 saturated carbocycles. The van der Waals surface area contributed by atoms with Gasteiger partial charge in [-0.15, -0.1) is 0 Å². The first-order valence-electron chi connectivity index (χ1n) is 6.57. The lowest BCUT2D eigenvalue weighted by Gasteiger charge is -2.43. The van der Waals surface area contributed by atoms with Crippen molar-refractivity contribution >= 4 is 16.6 Å². The lowest BCUT2D eigenvalue weighted by molar-refractivity contribution is 0.477. The number of rotatable bonds is 0. The zero-order valence-electron chi connectivity index (χ0n) is 10.9. The maximum absolute atomic E-state index is 6.84. The van der Waals surface area contributed by atoms with Gasteiger partial charge < -0.3 is 4.12 Å². The average Bonchev–Trinajstić information content (AvgIpc) is 2.29. The van der Waals surface area contributed by atoms with Gasteiger partial charge in [0.2, 0.25) is 0 Å². The molecule has 0 N–H and O–H groups in total. The third-order valence-corrected chi connectivity index (χ3v) is 15.1. The summed E-state index contributed by atoms with van der Waals surface area (Å²) in [5, 5.41) is 0.557. The van der Waals surface area contributed by atoms with Crippen molar-refractivity contribution in [3.05, 3.63) is 0 Å². The molecule has 1 spiro atoms. The molecule has 2 rings (SSSR count). The van der Waals surface area contributed by atoms with Crippen molar-refractivity contribution in [2.45, 2.75) is 75.8 Å². The van der Waals surface area contributed by atoms with E-state index in [-0.39, 0.29) is 0 Å². The predicted octanol–water partition coefficient (Wildman–Crippen LogP) is 4.52. The molecule has 88 valence electrons. The van der Waals surface area contributed by atoms with Crippen LogP contribution in [0.2, 0.25) is 36.3 Å². The lowest BCUT2D eigenvalue weighted by atomic mass is 10.1. The van der Waals surface area contributed by atoms with Gasteiger partial charge in [-0.25, -0.2) is 0 Å². The molecule has 15 heavy (non-hydrogen) atoms. The summed E-state index contributed by atoms with van der Waals surface area (Å²) in [6.45, 7) is 9.87. The van der Waals surface area contributed by atoms with E-state index in [1.807, 2.05) is 0 Å². The Morgan fingerprint density at radius 2 is 1.53 bits per heavy atom. The summed E-state index contributed by atoms with van der Waals surface area (Å²) in [5.41, 5.74) is 0. The van der Waals surface area contributed by atoms with Gasteiger partial charge in [0.1, 0.15) is 0 Å². The van der Waals surface area contributed by atoms with E-state index in [9.17, 15) is 0 Å². The smallest absolute Gasteiger partial charge is 0.185 e. The molecule has 0 bridgehead atoms. The molecule has 0 aromatic rings. The van der Waals surface area contributed by atoms with E-state index in [0.717, 1.165) is 0 Å². The molecule has 0 amide bonds. The molecule has 0 aliphatic carbocycles. The summed E-state index contributed by atoms with van der Waals surface area (Å²) in [4.78, 5) is 0. The van der Waals surface area contributed by atoms with Crippen LogP contribution in [-0.4, -0.2) is 16.6 Å². The maximum atomic E-state index is 6.84. The van der Waals surface area contributed by atoms with Crippen LogP contribution in [0.25, 0.3) is 0 Å². The quantitative estimate of drug-likeness (QED) is 0.567. The first kappa shape index (κ1) is 11.9. The van der Waals surface area contributed by atoms with Crippen LogP contribution in [0.5, 0.6) is 0 Å². The standard InChI is InChI=1S/C12H26OSi2/c1-12(2)8-7-11-15(12)10-6-5-9-14(3,4)13-15/h5-11H2,1-4H3. The van der Waals surface area contributed by atoms with Crippen LogP contribution in [0.1, 0.15) is 39.5 Å². The Hall–Kier alpha value is 0.394. The van der Waals surface area contributed by atoms with E-state index in [1.54, 1.807) is 0 Å². The van der Waals surface area contributed by atoms with Gasteiger partial charge in [-0.2, -0.15) is 0 Å². The summed E-state index contributed by atoms with van der Waals surface area (Å²) < 4.78 is 6.84. The minimum Gasteiger partial charge on any atom is -0.455 e. The summed E-state index contributed by atoms with van der Waals surface area (Å²) >= 11 is 0. The Balaban J connectivity index is 2.26. The van der Waals surface area contributed by atoms with E-state index in [4.69, 9.17) is 4.12 Å². The van der Waals surface area contributed by atoms with Crippen molar-refractivity contribution in [2.24, 2.45) is 0 Å². The van der Waals surface area contributed by atoms with Gasteiger partial charge in [-0.05, 0) is 42.7 Å². The zero-order chi connectivity index (χ0) is 11.2. The van der Waals surface area contributed by atoms with Crippen LogP contribution in [-0.2, 0) is 4.12 Å². The van der Waals surface area contributed by atoms with Gasteiger partial charge in [0.15, 0.2) is 16.6 Å². The van der Waals surface area contributed by atoms with Crippen LogP contribution >= 0.6 is 0 Å². The highest BCUT2D eigenvalue weighted by Gasteiger charge is 2.55. The van der Waals surface area contributed by atoms with E-state index in [0.29, 0.717) is 5.04 Å². The summed E-state index contributed by atoms with van der Waals surface area (Å²) in [5.74, 6) is 0. The van der Waals surface area contributed by atoms with E-state index >= 15 is 0 Å². The lowest BCUT2D eigenvalue weighted by Crippen LogP contribution is -2.50. The fraction of sp³-hybridized carbons (Fsp3) is 1.00. The molecule has 0 aromatic heterocycles. The van der Waals surface area contributed by atoms with Crippen molar-refractivity contribution in [1.29, 1.82) is 0 Å². The molecule has 0 aromatic carbocycles. The molecule has 1 unspecified atom stereocenters. The normalized spacial score (nSPS) is 39.2. The first-order chi connectivity index (χ1) is 6.87. The topological polar surface area (TPSA) is 9.23 Å². The van der Waals surface area contributed by atoms with Gasteiger partial charge in [-0.1, -0.05) is 33.1 Å². The molecule has 2 heterocycles. The summed E-state index contributed by atoms with van der Waals surface area (Å²) in [6.07, 6.45) is 5.74. The first-order valence-corrected chi connectivity index (χ1v) is 12.0. The fourth-order valence-corrected chi connectivity index (χ4v) is 15.1. The van der Waals surface area contributed by atoms with Gasteiger partial charge in [0.05, 0.1) is 0 Å². The molecule has 2 aliphatic heterocycles. The molecule has 1 atom stereocenters. The third kappa shape index (κ3) is 2.11. The molecular formula is C12H26OSi2. The van der Waals surface area contributed by atoms with Gasteiger partial charge in [-0.3, -0.25) is 0 Å². The largest absolute Gasteiger partial charge is 0.455 e. The Labute approximate surface area is 96.9 Å². The maximum Gasteiger partial charge on any atom is 0.185 e. The fourth-order valence-electron chi connectivity index (χ4n) is 3.63. The Kier molecular flexibility index (Phi) is 2.93. The van der Waals surface area contributed by atoms with Crippen molar-refractivity contribution in [1.82, 2.24) is 0 Å². The number of hydrogen-bond donors (Lipinski definition) is 0. The van der Waals surface area contributed by atoms with Crippen molar-refractivity contribution < 1.29 is 4.12 Å². The van der Waals surface area contributed by atoms with Gasteiger partial charge >= 0.3 is 0 Å². The molecule has 3 heteroatoms. The van der Waals surface area contributed by atoms with Crippen LogP contribution in [0.3, 0.4) is 0 Å². The van der Waals surface area contributed by atoms with Crippen LogP contribution < -0.4 is 0 Å². The van der Waals surface area contributed by atoms with E-state index < -0.39 is 16.6 Å². The molecule has 2 aliphatic rings. The SMILES string of the molecule is CC1(C)CCC[Si]12CCCC[Si](C)(C)O2. The second-order valence-corrected chi connectivity index (χ2v) is 16.0. The molecular weight excluding hydrogens is 216 g/mol. The van der Waals surface area contributed by atoms with Crippen LogP contribution in [0.4, 0.5) is 0 Å². The van der Waals surface area contributed by atoms with Crippen molar-refractivity contribution in [3.8, 4) is 0 Å². The number of hydrogen-bond acceptors (Lipinski definition) is 1. The Morgan fingerprint density at radius 1 is 0.933 bits per heavy atom. The van der Waals surface area contributed by atoms with Crippen molar-refractivity contribution in [2.75, 3.05) is 0 Å². The van der Waals surface area contributed by atoms with Gasteiger partial charge in [0.25, 0.3) is 0 Å². The third-order valence-electron chi connectivity index (χ3n) is 4.70. The zero-order valence-corrected chi connectivity index (χ0v) is 12.9. The van der Waals surface area contributed by atoms with E-state index in [1.165, 1.54) is 43.8 Å². The Bertz CT molecular complexity index is 250. The minimum absolute atomic E-state index is 0.557. The average molecular weight is 243 g/mol. The van der Waals surface area contributed by atoms with Crippen LogP contribution in [0.15, 0.2) is 0 Å². The Morgan fingerprint density at radius 3 is 2.13 bits per heavy atom.